The molecule has 1 aromatic rings. The highest BCUT2D eigenvalue weighted by Gasteiger charge is 2.34. The first-order chi connectivity index (χ1) is 10.6. The molecule has 0 aliphatic heterocycles. The van der Waals surface area contributed by atoms with Gasteiger partial charge in [0.2, 0.25) is 0 Å². The summed E-state index contributed by atoms with van der Waals surface area (Å²) < 4.78 is 48.5. The third kappa shape index (κ3) is 4.73. The number of esters is 1. The number of rotatable bonds is 4. The van der Waals surface area contributed by atoms with E-state index in [1.807, 2.05) is 0 Å². The lowest BCUT2D eigenvalue weighted by atomic mass is 10.0. The summed E-state index contributed by atoms with van der Waals surface area (Å²) in [5.41, 5.74) is -1.95. The van der Waals surface area contributed by atoms with E-state index in [0.29, 0.717) is 6.07 Å². The Morgan fingerprint density at radius 3 is 2.35 bits per heavy atom. The molecule has 1 rings (SSSR count). The van der Waals surface area contributed by atoms with Crippen molar-refractivity contribution in [3.8, 4) is 0 Å². The van der Waals surface area contributed by atoms with Crippen LogP contribution in [0.4, 0.5) is 23.7 Å². The van der Waals surface area contributed by atoms with Gasteiger partial charge in [0.1, 0.15) is 0 Å². The summed E-state index contributed by atoms with van der Waals surface area (Å²) in [6, 6.07) is 1.59. The van der Waals surface area contributed by atoms with Gasteiger partial charge in [-0.25, -0.2) is 9.59 Å². The maximum atomic E-state index is 13.1. The van der Waals surface area contributed by atoms with E-state index in [2.05, 4.69) is 16.6 Å². The lowest BCUT2D eigenvalue weighted by Crippen LogP contribution is -2.21. The summed E-state index contributed by atoms with van der Waals surface area (Å²) in [5, 5.41) is 2.12. The number of halogens is 3. The molecule has 0 aromatic heterocycles. The summed E-state index contributed by atoms with van der Waals surface area (Å²) >= 11 is 0. The molecule has 0 fully saturated rings. The first-order valence-corrected chi connectivity index (χ1v) is 6.53. The van der Waals surface area contributed by atoms with E-state index in [4.69, 9.17) is 4.74 Å². The van der Waals surface area contributed by atoms with Crippen molar-refractivity contribution in [2.45, 2.75) is 26.1 Å². The standard InChI is InChI=1S/C15H16F3NO4/c1-5-9-6-10(13(20)22-4)12(7-11(9)15(16,17)18)19-14(21)23-8(2)3/h5-8H,1H2,2-4H3,(H,19,21). The molecule has 23 heavy (non-hydrogen) atoms. The molecule has 0 heterocycles. The second-order valence-electron chi connectivity index (χ2n) is 4.76. The van der Waals surface area contributed by atoms with Gasteiger partial charge in [-0.1, -0.05) is 12.7 Å². The van der Waals surface area contributed by atoms with E-state index in [0.717, 1.165) is 19.3 Å². The van der Waals surface area contributed by atoms with Crippen LogP contribution in [-0.2, 0) is 15.7 Å². The van der Waals surface area contributed by atoms with Crippen molar-refractivity contribution in [3.63, 3.8) is 0 Å². The maximum absolute atomic E-state index is 13.1. The van der Waals surface area contributed by atoms with Crippen molar-refractivity contribution in [1.82, 2.24) is 0 Å². The van der Waals surface area contributed by atoms with Gasteiger partial charge in [0.05, 0.1) is 30.0 Å². The number of alkyl halides is 3. The first-order valence-electron chi connectivity index (χ1n) is 6.53. The van der Waals surface area contributed by atoms with Crippen molar-refractivity contribution in [2.24, 2.45) is 0 Å². The van der Waals surface area contributed by atoms with Crippen LogP contribution in [0.15, 0.2) is 18.7 Å². The molecule has 8 heteroatoms. The fourth-order valence-electron chi connectivity index (χ4n) is 1.77. The van der Waals surface area contributed by atoms with Gasteiger partial charge < -0.3 is 9.47 Å². The second kappa shape index (κ2) is 7.17. The Labute approximate surface area is 131 Å². The normalized spacial score (nSPS) is 11.1. The van der Waals surface area contributed by atoms with Gasteiger partial charge in [0, 0.05) is 0 Å². The Bertz CT molecular complexity index is 624. The zero-order valence-corrected chi connectivity index (χ0v) is 12.8. The Kier molecular flexibility index (Phi) is 5.78. The number of methoxy groups -OCH3 is 1. The van der Waals surface area contributed by atoms with E-state index < -0.39 is 29.9 Å². The molecule has 126 valence electrons. The first kappa shape index (κ1) is 18.5. The van der Waals surface area contributed by atoms with Crippen LogP contribution in [0.1, 0.15) is 35.3 Å². The summed E-state index contributed by atoms with van der Waals surface area (Å²) in [4.78, 5) is 23.4. The number of ether oxygens (including phenoxy) is 2. The van der Waals surface area contributed by atoms with E-state index in [1.54, 1.807) is 13.8 Å². The summed E-state index contributed by atoms with van der Waals surface area (Å²) in [6.07, 6.45) is -5.18. The molecule has 0 saturated carbocycles. The minimum Gasteiger partial charge on any atom is -0.465 e. The number of nitrogens with one attached hydrogen (secondary N) is 1. The van der Waals surface area contributed by atoms with Gasteiger partial charge in [-0.2, -0.15) is 13.2 Å². The second-order valence-corrected chi connectivity index (χ2v) is 4.76. The van der Waals surface area contributed by atoms with Crippen molar-refractivity contribution in [1.29, 1.82) is 0 Å². The van der Waals surface area contributed by atoms with Crippen LogP contribution in [0, 0.1) is 0 Å². The molecule has 1 amide bonds. The molecular formula is C15H16F3NO4. The van der Waals surface area contributed by atoms with Crippen LogP contribution in [-0.4, -0.2) is 25.3 Å². The zero-order chi connectivity index (χ0) is 17.8. The fourth-order valence-corrected chi connectivity index (χ4v) is 1.77. The fraction of sp³-hybridized carbons (Fsp3) is 0.333. The predicted molar refractivity (Wildman–Crippen MR) is 78.1 cm³/mol. The molecule has 0 unspecified atom stereocenters. The molecule has 0 spiro atoms. The number of benzene rings is 1. The van der Waals surface area contributed by atoms with Crippen molar-refractivity contribution in [2.75, 3.05) is 12.4 Å². The van der Waals surface area contributed by atoms with Crippen LogP contribution in [0.5, 0.6) is 0 Å². The van der Waals surface area contributed by atoms with Crippen LogP contribution >= 0.6 is 0 Å². The van der Waals surface area contributed by atoms with E-state index >= 15 is 0 Å². The van der Waals surface area contributed by atoms with Crippen molar-refractivity contribution in [3.05, 3.63) is 35.4 Å². The number of carbonyl (C=O) groups excluding carboxylic acids is 2. The highest BCUT2D eigenvalue weighted by Crippen LogP contribution is 2.36. The number of hydrogen-bond donors (Lipinski definition) is 1. The maximum Gasteiger partial charge on any atom is 0.417 e. The molecule has 1 aromatic carbocycles. The highest BCUT2D eigenvalue weighted by molar-refractivity contribution is 6.00. The van der Waals surface area contributed by atoms with Gasteiger partial charge in [-0.05, 0) is 31.5 Å². The third-order valence-corrected chi connectivity index (χ3v) is 2.70. The molecule has 0 atom stereocenters. The largest absolute Gasteiger partial charge is 0.465 e. The Hall–Kier alpha value is -2.51. The Morgan fingerprint density at radius 1 is 1.30 bits per heavy atom. The smallest absolute Gasteiger partial charge is 0.417 e. The van der Waals surface area contributed by atoms with Crippen LogP contribution < -0.4 is 5.32 Å². The van der Waals surface area contributed by atoms with Crippen molar-refractivity contribution >= 4 is 23.8 Å². The minimum absolute atomic E-state index is 0.240. The zero-order valence-electron chi connectivity index (χ0n) is 12.8. The van der Waals surface area contributed by atoms with Crippen LogP contribution in [0.3, 0.4) is 0 Å². The van der Waals surface area contributed by atoms with Gasteiger partial charge in [-0.15, -0.1) is 0 Å². The monoisotopic (exact) mass is 331 g/mol. The average Bonchev–Trinajstić information content (AvgIpc) is 2.44. The molecule has 0 aliphatic rings. The van der Waals surface area contributed by atoms with E-state index in [9.17, 15) is 22.8 Å². The van der Waals surface area contributed by atoms with Crippen LogP contribution in [0.2, 0.25) is 0 Å². The van der Waals surface area contributed by atoms with Gasteiger partial charge >= 0.3 is 18.2 Å². The number of carbonyl (C=O) groups is 2. The Balaban J connectivity index is 3.42. The molecule has 0 saturated heterocycles. The lowest BCUT2D eigenvalue weighted by Gasteiger charge is -2.17. The van der Waals surface area contributed by atoms with Crippen molar-refractivity contribution < 1.29 is 32.2 Å². The predicted octanol–water partition coefficient (Wildman–Crippen LogP) is 4.09. The van der Waals surface area contributed by atoms with Gasteiger partial charge in [0.25, 0.3) is 0 Å². The molecule has 5 nitrogen and oxygen atoms in total. The van der Waals surface area contributed by atoms with Gasteiger partial charge in [-0.3, -0.25) is 5.32 Å². The molecule has 1 N–H and O–H groups in total. The van der Waals surface area contributed by atoms with E-state index in [1.165, 1.54) is 0 Å². The Morgan fingerprint density at radius 2 is 1.91 bits per heavy atom. The number of anilines is 1. The third-order valence-electron chi connectivity index (χ3n) is 2.70. The molecular weight excluding hydrogens is 315 g/mol. The molecule has 0 bridgehead atoms. The summed E-state index contributed by atoms with van der Waals surface area (Å²) in [5.74, 6) is -0.901. The molecule has 0 aliphatic carbocycles. The highest BCUT2D eigenvalue weighted by atomic mass is 19.4. The van der Waals surface area contributed by atoms with E-state index in [-0.39, 0.29) is 16.8 Å². The summed E-state index contributed by atoms with van der Waals surface area (Å²) in [7, 11) is 1.07. The summed E-state index contributed by atoms with van der Waals surface area (Å²) in [6.45, 7) is 6.44. The SMILES string of the molecule is C=Cc1cc(C(=O)OC)c(NC(=O)OC(C)C)cc1C(F)(F)F. The molecule has 0 radical (unpaired) electrons. The topological polar surface area (TPSA) is 64.6 Å². The minimum atomic E-state index is -4.68. The quantitative estimate of drug-likeness (QED) is 0.844. The average molecular weight is 331 g/mol. The number of amides is 1. The number of hydrogen-bond acceptors (Lipinski definition) is 4. The van der Waals surface area contributed by atoms with Gasteiger partial charge in [0.15, 0.2) is 0 Å². The lowest BCUT2D eigenvalue weighted by molar-refractivity contribution is -0.137. The van der Waals surface area contributed by atoms with Crippen LogP contribution in [0.25, 0.3) is 6.08 Å².